The third kappa shape index (κ3) is 4.39. The van der Waals surface area contributed by atoms with Crippen LogP contribution in [0.5, 0.6) is 0 Å². The van der Waals surface area contributed by atoms with E-state index in [1.807, 2.05) is 30.3 Å². The zero-order valence-corrected chi connectivity index (χ0v) is 15.9. The van der Waals surface area contributed by atoms with Crippen molar-refractivity contribution in [2.45, 2.75) is 56.0 Å². The minimum absolute atomic E-state index is 0.0991. The molecule has 0 radical (unpaired) electrons. The lowest BCUT2D eigenvalue weighted by Crippen LogP contribution is -2.51. The summed E-state index contributed by atoms with van der Waals surface area (Å²) in [5.41, 5.74) is 0.578. The summed E-state index contributed by atoms with van der Waals surface area (Å²) in [6.07, 6.45) is 4.96. The van der Waals surface area contributed by atoms with E-state index in [0.717, 1.165) is 31.2 Å². The Morgan fingerprint density at radius 3 is 2.61 bits per heavy atom. The molecule has 2 aliphatic rings. The monoisotopic (exact) mass is 386 g/mol. The Morgan fingerprint density at radius 2 is 2.00 bits per heavy atom. The number of alkyl carbamates (subject to hydrolysis) is 1. The van der Waals surface area contributed by atoms with Crippen molar-refractivity contribution < 1.29 is 24.4 Å². The van der Waals surface area contributed by atoms with Crippen LogP contribution in [0, 0.1) is 0 Å². The number of fused-ring (bicyclic) bond motifs is 2. The van der Waals surface area contributed by atoms with E-state index in [1.54, 1.807) is 4.90 Å². The first kappa shape index (κ1) is 20.4. The summed E-state index contributed by atoms with van der Waals surface area (Å²) < 4.78 is 5.40. The van der Waals surface area contributed by atoms with E-state index in [-0.39, 0.29) is 18.6 Å². The fourth-order valence-corrected chi connectivity index (χ4v) is 4.41. The van der Waals surface area contributed by atoms with E-state index in [4.69, 9.17) is 4.74 Å². The zero-order chi connectivity index (χ0) is 20.1. The highest BCUT2D eigenvalue weighted by atomic mass is 16.6. The molecule has 0 saturated carbocycles. The molecular formula is C20H27BN2O5. The van der Waals surface area contributed by atoms with Crippen LogP contribution in [0.25, 0.3) is 0 Å². The molecule has 2 saturated heterocycles. The van der Waals surface area contributed by atoms with Crippen LogP contribution < -0.4 is 5.32 Å². The van der Waals surface area contributed by atoms with Crippen molar-refractivity contribution in [3.8, 4) is 0 Å². The minimum Gasteiger partial charge on any atom is -0.447 e. The molecule has 2 fully saturated rings. The van der Waals surface area contributed by atoms with Crippen LogP contribution in [0.2, 0.25) is 0 Å². The molecule has 3 rings (SSSR count). The lowest BCUT2D eigenvalue weighted by atomic mass is 9.76. The van der Waals surface area contributed by atoms with Gasteiger partial charge in [0.1, 0.15) is 6.61 Å². The van der Waals surface area contributed by atoms with Crippen molar-refractivity contribution in [2.75, 3.05) is 6.61 Å². The number of ether oxygens (including phenoxy) is 1. The van der Waals surface area contributed by atoms with Gasteiger partial charge in [-0.25, -0.2) is 4.79 Å². The SMILES string of the molecule is C=CC(=O)N1C2CCC1(COC(=O)N[C@@H](CCc1ccccc1)B(O)O)CC2. The summed E-state index contributed by atoms with van der Waals surface area (Å²) in [5.74, 6) is -0.966. The van der Waals surface area contributed by atoms with E-state index in [9.17, 15) is 19.6 Å². The highest BCUT2D eigenvalue weighted by Crippen LogP contribution is 2.46. The van der Waals surface area contributed by atoms with E-state index in [0.29, 0.717) is 12.8 Å². The molecule has 2 heterocycles. The van der Waals surface area contributed by atoms with Crippen LogP contribution in [0.15, 0.2) is 43.0 Å². The summed E-state index contributed by atoms with van der Waals surface area (Å²) in [5, 5.41) is 21.7. The van der Waals surface area contributed by atoms with Crippen LogP contribution in [-0.4, -0.2) is 58.2 Å². The second kappa shape index (κ2) is 8.79. The van der Waals surface area contributed by atoms with Gasteiger partial charge in [0.15, 0.2) is 0 Å². The van der Waals surface area contributed by atoms with Crippen molar-refractivity contribution in [3.63, 3.8) is 0 Å². The van der Waals surface area contributed by atoms with Crippen molar-refractivity contribution in [1.29, 1.82) is 0 Å². The van der Waals surface area contributed by atoms with E-state index >= 15 is 0 Å². The number of hydrogen-bond acceptors (Lipinski definition) is 5. The first-order valence-electron chi connectivity index (χ1n) is 9.74. The van der Waals surface area contributed by atoms with E-state index in [1.165, 1.54) is 6.08 Å². The second-order valence-electron chi connectivity index (χ2n) is 7.63. The van der Waals surface area contributed by atoms with Gasteiger partial charge in [-0.2, -0.15) is 0 Å². The Balaban J connectivity index is 1.53. The predicted octanol–water partition coefficient (Wildman–Crippen LogP) is 1.44. The highest BCUT2D eigenvalue weighted by Gasteiger charge is 2.54. The molecule has 1 atom stereocenters. The van der Waals surface area contributed by atoms with Gasteiger partial charge in [-0.1, -0.05) is 36.9 Å². The average Bonchev–Trinajstić information content (AvgIpc) is 3.25. The largest absolute Gasteiger partial charge is 0.475 e. The van der Waals surface area contributed by atoms with Crippen LogP contribution in [0.4, 0.5) is 4.79 Å². The Bertz CT molecular complexity index is 704. The second-order valence-corrected chi connectivity index (χ2v) is 7.63. The van der Waals surface area contributed by atoms with Gasteiger partial charge in [-0.15, -0.1) is 0 Å². The fraction of sp³-hybridized carbons (Fsp3) is 0.500. The van der Waals surface area contributed by atoms with Crippen molar-refractivity contribution >= 4 is 19.1 Å². The fourth-order valence-electron chi connectivity index (χ4n) is 4.41. The molecule has 0 spiro atoms. The van der Waals surface area contributed by atoms with E-state index in [2.05, 4.69) is 11.9 Å². The van der Waals surface area contributed by atoms with Crippen LogP contribution in [-0.2, 0) is 16.0 Å². The Hall–Kier alpha value is -2.32. The first-order chi connectivity index (χ1) is 13.4. The molecule has 0 unspecified atom stereocenters. The molecule has 1 aromatic carbocycles. The topological polar surface area (TPSA) is 99.1 Å². The number of hydrogen-bond donors (Lipinski definition) is 3. The Morgan fingerprint density at radius 1 is 1.32 bits per heavy atom. The molecule has 3 N–H and O–H groups in total. The van der Waals surface area contributed by atoms with Gasteiger partial charge >= 0.3 is 13.2 Å². The standard InChI is InChI=1S/C20H27BN2O5/c1-2-18(24)23-16-10-12-20(23,13-11-16)14-28-19(25)22-17(21(26)27)9-8-15-6-4-3-5-7-15/h2-7,16-17,26-27H,1,8-14H2,(H,22,25)/t16?,17-,20?/m0/s1. The van der Waals surface area contributed by atoms with Gasteiger partial charge in [0.2, 0.25) is 5.91 Å². The molecular weight excluding hydrogens is 359 g/mol. The molecule has 8 heteroatoms. The molecule has 2 bridgehead atoms. The van der Waals surface area contributed by atoms with E-state index < -0.39 is 24.7 Å². The Kier molecular flexibility index (Phi) is 6.41. The molecule has 7 nitrogen and oxygen atoms in total. The lowest BCUT2D eigenvalue weighted by Gasteiger charge is -2.33. The number of aryl methyl sites for hydroxylation is 1. The van der Waals surface area contributed by atoms with Crippen LogP contribution in [0.3, 0.4) is 0 Å². The average molecular weight is 386 g/mol. The molecule has 0 aromatic heterocycles. The Labute approximate surface area is 165 Å². The van der Waals surface area contributed by atoms with Crippen molar-refractivity contribution in [2.24, 2.45) is 0 Å². The summed E-state index contributed by atoms with van der Waals surface area (Å²) in [6, 6.07) is 9.81. The number of amides is 2. The molecule has 28 heavy (non-hydrogen) atoms. The van der Waals surface area contributed by atoms with Crippen molar-refractivity contribution in [1.82, 2.24) is 10.2 Å². The zero-order valence-electron chi connectivity index (χ0n) is 15.9. The maximum atomic E-state index is 12.3. The van der Waals surface area contributed by atoms with Crippen LogP contribution >= 0.6 is 0 Å². The number of nitrogens with zero attached hydrogens (tertiary/aromatic N) is 1. The van der Waals surface area contributed by atoms with Gasteiger partial charge in [0, 0.05) is 6.04 Å². The third-order valence-electron chi connectivity index (χ3n) is 5.90. The summed E-state index contributed by atoms with van der Waals surface area (Å²) in [4.78, 5) is 26.3. The lowest BCUT2D eigenvalue weighted by molar-refractivity contribution is -0.131. The molecule has 1 aromatic rings. The minimum atomic E-state index is -1.68. The molecule has 150 valence electrons. The summed E-state index contributed by atoms with van der Waals surface area (Å²) in [7, 11) is -1.68. The summed E-state index contributed by atoms with van der Waals surface area (Å²) in [6.45, 7) is 3.66. The molecule has 2 amide bonds. The van der Waals surface area contributed by atoms with Gasteiger partial charge in [-0.05, 0) is 50.2 Å². The number of benzene rings is 1. The number of carbonyl (C=O) groups excluding carboxylic acids is 2. The number of carbonyl (C=O) groups is 2. The summed E-state index contributed by atoms with van der Waals surface area (Å²) >= 11 is 0. The smallest absolute Gasteiger partial charge is 0.447 e. The van der Waals surface area contributed by atoms with Gasteiger partial charge in [0.25, 0.3) is 0 Å². The highest BCUT2D eigenvalue weighted by molar-refractivity contribution is 6.43. The third-order valence-corrected chi connectivity index (χ3v) is 5.90. The van der Waals surface area contributed by atoms with Gasteiger partial charge in [-0.3, -0.25) is 4.79 Å². The number of rotatable bonds is 8. The number of nitrogens with one attached hydrogen (secondary N) is 1. The molecule has 2 aliphatic heterocycles. The predicted molar refractivity (Wildman–Crippen MR) is 105 cm³/mol. The van der Waals surface area contributed by atoms with Gasteiger partial charge in [0.05, 0.1) is 11.5 Å². The maximum absolute atomic E-state index is 12.3. The normalized spacial score (nSPS) is 23.9. The molecule has 0 aliphatic carbocycles. The van der Waals surface area contributed by atoms with Crippen molar-refractivity contribution in [3.05, 3.63) is 48.6 Å². The first-order valence-corrected chi connectivity index (χ1v) is 9.74. The van der Waals surface area contributed by atoms with Crippen LogP contribution in [0.1, 0.15) is 37.7 Å². The van der Waals surface area contributed by atoms with Gasteiger partial charge < -0.3 is 25.0 Å². The maximum Gasteiger partial charge on any atom is 0.475 e. The quantitative estimate of drug-likeness (QED) is 0.464.